The first kappa shape index (κ1) is 16.1. The molecule has 3 rings (SSSR count). The van der Waals surface area contributed by atoms with Crippen molar-refractivity contribution in [3.05, 3.63) is 28.8 Å². The predicted octanol–water partition coefficient (Wildman–Crippen LogP) is 2.46. The third-order valence-corrected chi connectivity index (χ3v) is 4.52. The minimum absolute atomic E-state index is 0.00425. The van der Waals surface area contributed by atoms with E-state index in [4.69, 9.17) is 26.8 Å². The minimum Gasteiger partial charge on any atom is -0.486 e. The predicted molar refractivity (Wildman–Crippen MR) is 89.9 cm³/mol. The lowest BCUT2D eigenvalue weighted by Crippen LogP contribution is -2.47. The topological polar surface area (TPSA) is 64.8 Å². The summed E-state index contributed by atoms with van der Waals surface area (Å²) in [7, 11) is 0. The van der Waals surface area contributed by atoms with E-state index in [9.17, 15) is 4.79 Å². The molecule has 2 N–H and O–H groups in total. The summed E-state index contributed by atoms with van der Waals surface area (Å²) in [5.41, 5.74) is 6.75. The van der Waals surface area contributed by atoms with Crippen LogP contribution in [0.25, 0.3) is 6.08 Å². The molecule has 0 saturated carbocycles. The van der Waals surface area contributed by atoms with Gasteiger partial charge in [0.05, 0.1) is 5.02 Å². The van der Waals surface area contributed by atoms with Gasteiger partial charge in [0, 0.05) is 24.7 Å². The Balaban J connectivity index is 1.72. The van der Waals surface area contributed by atoms with Crippen molar-refractivity contribution in [1.29, 1.82) is 0 Å². The minimum atomic E-state index is -0.00425. The molecule has 0 radical (unpaired) electrons. The van der Waals surface area contributed by atoms with Crippen LogP contribution in [0.4, 0.5) is 0 Å². The first-order valence-electron chi connectivity index (χ1n) is 7.88. The third-order valence-electron chi connectivity index (χ3n) is 4.24. The van der Waals surface area contributed by atoms with E-state index >= 15 is 0 Å². The van der Waals surface area contributed by atoms with E-state index < -0.39 is 0 Å². The lowest BCUT2D eigenvalue weighted by Gasteiger charge is -2.35. The molecule has 1 amide bonds. The van der Waals surface area contributed by atoms with Gasteiger partial charge < -0.3 is 20.1 Å². The quantitative estimate of drug-likeness (QED) is 0.843. The number of piperidine rings is 1. The molecule has 0 bridgehead atoms. The summed E-state index contributed by atoms with van der Waals surface area (Å²) in [6.45, 7) is 3.73. The van der Waals surface area contributed by atoms with Gasteiger partial charge in [0.1, 0.15) is 13.2 Å². The highest BCUT2D eigenvalue weighted by Crippen LogP contribution is 2.38. The van der Waals surface area contributed by atoms with Gasteiger partial charge >= 0.3 is 0 Å². The lowest BCUT2D eigenvalue weighted by atomic mass is 9.99. The number of amides is 1. The summed E-state index contributed by atoms with van der Waals surface area (Å²) in [5, 5.41) is 0.492. The van der Waals surface area contributed by atoms with Gasteiger partial charge in [-0.3, -0.25) is 4.79 Å². The second kappa shape index (κ2) is 6.81. The van der Waals surface area contributed by atoms with Crippen LogP contribution >= 0.6 is 11.6 Å². The molecule has 1 saturated heterocycles. The fraction of sp³-hybridized carbons (Fsp3) is 0.471. The van der Waals surface area contributed by atoms with Gasteiger partial charge in [-0.15, -0.1) is 0 Å². The van der Waals surface area contributed by atoms with Crippen LogP contribution < -0.4 is 15.2 Å². The van der Waals surface area contributed by atoms with E-state index in [0.29, 0.717) is 36.3 Å². The Morgan fingerprint density at radius 1 is 1.39 bits per heavy atom. The molecule has 2 aliphatic rings. The van der Waals surface area contributed by atoms with Gasteiger partial charge in [-0.05, 0) is 43.5 Å². The SMILES string of the molecule is CC1CC(N)CCN1C(=O)/C=C/c1cc(Cl)c2c(c1)OCCO2. The van der Waals surface area contributed by atoms with Crippen molar-refractivity contribution in [1.82, 2.24) is 4.90 Å². The van der Waals surface area contributed by atoms with Crippen molar-refractivity contribution < 1.29 is 14.3 Å². The monoisotopic (exact) mass is 336 g/mol. The zero-order valence-electron chi connectivity index (χ0n) is 13.1. The van der Waals surface area contributed by atoms with Crippen molar-refractivity contribution in [2.75, 3.05) is 19.8 Å². The summed E-state index contributed by atoms with van der Waals surface area (Å²) in [6.07, 6.45) is 5.03. The van der Waals surface area contributed by atoms with Crippen molar-refractivity contribution in [2.24, 2.45) is 5.73 Å². The zero-order valence-corrected chi connectivity index (χ0v) is 13.9. The van der Waals surface area contributed by atoms with Crippen LogP contribution in [0.1, 0.15) is 25.3 Å². The number of carbonyl (C=O) groups is 1. The highest BCUT2D eigenvalue weighted by molar-refractivity contribution is 6.32. The molecule has 0 aromatic heterocycles. The van der Waals surface area contributed by atoms with Crippen molar-refractivity contribution in [2.45, 2.75) is 31.8 Å². The Morgan fingerprint density at radius 3 is 2.96 bits per heavy atom. The maximum absolute atomic E-state index is 12.4. The van der Waals surface area contributed by atoms with Gasteiger partial charge in [-0.1, -0.05) is 11.6 Å². The molecule has 1 aromatic carbocycles. The average Bonchev–Trinajstić information content (AvgIpc) is 2.53. The van der Waals surface area contributed by atoms with Gasteiger partial charge in [0.2, 0.25) is 5.91 Å². The van der Waals surface area contributed by atoms with Gasteiger partial charge in [-0.25, -0.2) is 0 Å². The summed E-state index contributed by atoms with van der Waals surface area (Å²) in [6, 6.07) is 3.96. The van der Waals surface area contributed by atoms with Crippen LogP contribution in [0, 0.1) is 0 Å². The number of fused-ring (bicyclic) bond motifs is 1. The summed E-state index contributed by atoms with van der Waals surface area (Å²) in [4.78, 5) is 14.2. The normalized spacial score (nSPS) is 24.0. The first-order chi connectivity index (χ1) is 11.0. The molecule has 2 atom stereocenters. The maximum Gasteiger partial charge on any atom is 0.246 e. The Morgan fingerprint density at radius 2 is 2.17 bits per heavy atom. The van der Waals surface area contributed by atoms with Crippen molar-refractivity contribution >= 4 is 23.6 Å². The fourth-order valence-corrected chi connectivity index (χ4v) is 3.30. The average molecular weight is 337 g/mol. The molecule has 124 valence electrons. The molecule has 0 spiro atoms. The molecule has 6 heteroatoms. The number of halogens is 1. The summed E-state index contributed by atoms with van der Waals surface area (Å²) >= 11 is 6.20. The number of nitrogens with two attached hydrogens (primary N) is 1. The molecule has 2 unspecified atom stereocenters. The fourth-order valence-electron chi connectivity index (χ4n) is 3.03. The number of benzene rings is 1. The Kier molecular flexibility index (Phi) is 4.78. The molecular weight excluding hydrogens is 316 g/mol. The number of hydrogen-bond donors (Lipinski definition) is 1. The van der Waals surface area contributed by atoms with Crippen molar-refractivity contribution in [3.8, 4) is 11.5 Å². The van der Waals surface area contributed by atoms with Gasteiger partial charge in [-0.2, -0.15) is 0 Å². The number of nitrogens with zero attached hydrogens (tertiary/aromatic N) is 1. The van der Waals surface area contributed by atoms with Crippen LogP contribution in [0.3, 0.4) is 0 Å². The van der Waals surface area contributed by atoms with Crippen LogP contribution in [0.5, 0.6) is 11.5 Å². The lowest BCUT2D eigenvalue weighted by molar-refractivity contribution is -0.129. The Labute approximate surface area is 141 Å². The molecule has 1 fully saturated rings. The number of hydrogen-bond acceptors (Lipinski definition) is 4. The van der Waals surface area contributed by atoms with Crippen LogP contribution in [0.2, 0.25) is 5.02 Å². The third kappa shape index (κ3) is 3.62. The molecule has 1 aromatic rings. The smallest absolute Gasteiger partial charge is 0.246 e. The highest BCUT2D eigenvalue weighted by atomic mass is 35.5. The zero-order chi connectivity index (χ0) is 16.4. The van der Waals surface area contributed by atoms with Gasteiger partial charge in [0.25, 0.3) is 0 Å². The van der Waals surface area contributed by atoms with E-state index in [1.807, 2.05) is 17.9 Å². The number of likely N-dealkylation sites (tertiary alicyclic amines) is 1. The molecule has 2 aliphatic heterocycles. The molecule has 2 heterocycles. The van der Waals surface area contributed by atoms with E-state index in [2.05, 4.69) is 0 Å². The van der Waals surface area contributed by atoms with Crippen molar-refractivity contribution in [3.63, 3.8) is 0 Å². The molecule has 0 aliphatic carbocycles. The van der Waals surface area contributed by atoms with E-state index in [0.717, 1.165) is 18.4 Å². The highest BCUT2D eigenvalue weighted by Gasteiger charge is 2.25. The maximum atomic E-state index is 12.4. The summed E-state index contributed by atoms with van der Waals surface area (Å²) in [5.74, 6) is 1.18. The van der Waals surface area contributed by atoms with Crippen LogP contribution in [-0.2, 0) is 4.79 Å². The van der Waals surface area contributed by atoms with E-state index in [-0.39, 0.29) is 18.0 Å². The second-order valence-electron chi connectivity index (χ2n) is 6.03. The standard InChI is InChI=1S/C17H21ClN2O3/c1-11-8-13(19)4-5-20(11)16(21)3-2-12-9-14(18)17-15(10-12)22-6-7-23-17/h2-3,9-11,13H,4-8,19H2,1H3/b3-2+. The number of ether oxygens (including phenoxy) is 2. The Hall–Kier alpha value is -1.72. The molecular formula is C17H21ClN2O3. The van der Waals surface area contributed by atoms with E-state index in [1.165, 1.54) is 0 Å². The first-order valence-corrected chi connectivity index (χ1v) is 8.26. The van der Waals surface area contributed by atoms with Crippen LogP contribution in [0.15, 0.2) is 18.2 Å². The Bertz CT molecular complexity index is 633. The summed E-state index contributed by atoms with van der Waals surface area (Å²) < 4.78 is 11.0. The van der Waals surface area contributed by atoms with Gasteiger partial charge in [0.15, 0.2) is 11.5 Å². The second-order valence-corrected chi connectivity index (χ2v) is 6.43. The molecule has 23 heavy (non-hydrogen) atoms. The van der Waals surface area contributed by atoms with E-state index in [1.54, 1.807) is 18.2 Å². The molecule has 5 nitrogen and oxygen atoms in total. The largest absolute Gasteiger partial charge is 0.486 e. The number of rotatable bonds is 2. The van der Waals surface area contributed by atoms with Crippen LogP contribution in [-0.4, -0.2) is 42.6 Å². The number of carbonyl (C=O) groups excluding carboxylic acids is 1.